The molecule has 120 valence electrons. The summed E-state index contributed by atoms with van der Waals surface area (Å²) in [5.74, 6) is -1.01. The first-order valence-corrected chi connectivity index (χ1v) is 7.28. The van der Waals surface area contributed by atoms with Crippen molar-refractivity contribution in [3.63, 3.8) is 0 Å². The van der Waals surface area contributed by atoms with Gasteiger partial charge in [0.1, 0.15) is 11.3 Å². The van der Waals surface area contributed by atoms with Crippen LogP contribution in [-0.4, -0.2) is 22.6 Å². The molecule has 0 bridgehead atoms. The van der Waals surface area contributed by atoms with Gasteiger partial charge in [0.15, 0.2) is 0 Å². The van der Waals surface area contributed by atoms with Crippen LogP contribution < -0.4 is 4.74 Å². The molecule has 0 saturated heterocycles. The largest absolute Gasteiger partial charge is 0.493 e. The smallest absolute Gasteiger partial charge is 0.336 e. The second-order valence-electron chi connectivity index (χ2n) is 5.00. The molecule has 0 aliphatic rings. The number of nitro groups is 1. The van der Waals surface area contributed by atoms with E-state index >= 15 is 0 Å². The Morgan fingerprint density at radius 2 is 1.96 bits per heavy atom. The average molecular weight is 315 g/mol. The van der Waals surface area contributed by atoms with E-state index < -0.39 is 10.9 Å². The summed E-state index contributed by atoms with van der Waals surface area (Å²) >= 11 is 0. The fourth-order valence-electron chi connectivity index (χ4n) is 2.20. The maximum Gasteiger partial charge on any atom is 0.336 e. The van der Waals surface area contributed by atoms with Crippen LogP contribution in [0.5, 0.6) is 5.75 Å². The molecule has 0 radical (unpaired) electrons. The number of carbonyl (C=O) groups is 1. The average Bonchev–Trinajstić information content (AvgIpc) is 2.55. The maximum atomic E-state index is 11.4. The lowest BCUT2D eigenvalue weighted by atomic mass is 10.00. The van der Waals surface area contributed by atoms with Crippen molar-refractivity contribution < 1.29 is 19.6 Å². The van der Waals surface area contributed by atoms with Crippen LogP contribution in [0.25, 0.3) is 11.1 Å². The number of aromatic carboxylic acids is 1. The van der Waals surface area contributed by atoms with Crippen molar-refractivity contribution >= 4 is 11.7 Å². The molecule has 0 fully saturated rings. The number of carboxylic acid groups (broad SMARTS) is 1. The third-order valence-corrected chi connectivity index (χ3v) is 3.34. The number of carboxylic acids is 1. The van der Waals surface area contributed by atoms with Crippen LogP contribution in [0.1, 0.15) is 30.1 Å². The number of ether oxygens (including phenoxy) is 1. The van der Waals surface area contributed by atoms with Crippen LogP contribution in [-0.2, 0) is 0 Å². The molecule has 2 rings (SSSR count). The van der Waals surface area contributed by atoms with Crippen molar-refractivity contribution in [2.45, 2.75) is 19.8 Å². The Bertz CT molecular complexity index is 712. The van der Waals surface area contributed by atoms with Crippen LogP contribution in [0.4, 0.5) is 5.69 Å². The number of hydrogen-bond donors (Lipinski definition) is 1. The van der Waals surface area contributed by atoms with E-state index in [9.17, 15) is 20.0 Å². The molecule has 6 heteroatoms. The summed E-state index contributed by atoms with van der Waals surface area (Å²) in [4.78, 5) is 22.1. The lowest BCUT2D eigenvalue weighted by molar-refractivity contribution is -0.384. The summed E-state index contributed by atoms with van der Waals surface area (Å²) in [7, 11) is 0. The number of nitro benzene ring substituents is 1. The van der Waals surface area contributed by atoms with Crippen molar-refractivity contribution in [1.29, 1.82) is 0 Å². The van der Waals surface area contributed by atoms with E-state index in [2.05, 4.69) is 0 Å². The highest BCUT2D eigenvalue weighted by atomic mass is 16.6. The van der Waals surface area contributed by atoms with Crippen LogP contribution in [0.2, 0.25) is 0 Å². The minimum absolute atomic E-state index is 0.164. The Hall–Kier alpha value is -2.89. The van der Waals surface area contributed by atoms with Gasteiger partial charge in [-0.2, -0.15) is 0 Å². The molecule has 0 aromatic heterocycles. The van der Waals surface area contributed by atoms with Gasteiger partial charge in [-0.05, 0) is 18.1 Å². The highest BCUT2D eigenvalue weighted by Crippen LogP contribution is 2.39. The van der Waals surface area contributed by atoms with E-state index in [0.29, 0.717) is 17.7 Å². The molecule has 1 N–H and O–H groups in total. The van der Waals surface area contributed by atoms with E-state index in [1.165, 1.54) is 6.07 Å². The predicted octanol–water partition coefficient (Wildman–Crippen LogP) is 4.14. The summed E-state index contributed by atoms with van der Waals surface area (Å²) in [5, 5.41) is 20.6. The van der Waals surface area contributed by atoms with Gasteiger partial charge in [0.2, 0.25) is 0 Å². The molecule has 0 aliphatic heterocycles. The molecule has 2 aromatic carbocycles. The SMILES string of the molecule is CCCCOc1cc(C(=O)O)cc([N+](=O)[O-])c1-c1ccccc1. The van der Waals surface area contributed by atoms with Gasteiger partial charge in [0, 0.05) is 6.07 Å². The summed E-state index contributed by atoms with van der Waals surface area (Å²) in [6.45, 7) is 2.37. The number of benzene rings is 2. The summed E-state index contributed by atoms with van der Waals surface area (Å²) in [6, 6.07) is 11.2. The van der Waals surface area contributed by atoms with Gasteiger partial charge in [-0.1, -0.05) is 43.7 Å². The van der Waals surface area contributed by atoms with Crippen molar-refractivity contribution in [3.8, 4) is 16.9 Å². The van der Waals surface area contributed by atoms with E-state index in [1.807, 2.05) is 6.92 Å². The monoisotopic (exact) mass is 315 g/mol. The van der Waals surface area contributed by atoms with Crippen LogP contribution >= 0.6 is 0 Å². The van der Waals surface area contributed by atoms with Gasteiger partial charge in [-0.25, -0.2) is 4.79 Å². The second-order valence-corrected chi connectivity index (χ2v) is 5.00. The van der Waals surface area contributed by atoms with Gasteiger partial charge in [0.25, 0.3) is 5.69 Å². The first-order chi connectivity index (χ1) is 11.0. The Balaban J connectivity index is 2.63. The van der Waals surface area contributed by atoms with Crippen molar-refractivity contribution in [2.75, 3.05) is 6.61 Å². The topological polar surface area (TPSA) is 89.7 Å². The Labute approximate surface area is 133 Å². The second kappa shape index (κ2) is 7.40. The fraction of sp³-hybridized carbons (Fsp3) is 0.235. The Morgan fingerprint density at radius 1 is 1.26 bits per heavy atom. The highest BCUT2D eigenvalue weighted by molar-refractivity contribution is 5.92. The van der Waals surface area contributed by atoms with Gasteiger partial charge in [-0.3, -0.25) is 10.1 Å². The van der Waals surface area contributed by atoms with Crippen molar-refractivity contribution in [3.05, 3.63) is 58.1 Å². The number of rotatable bonds is 7. The van der Waals surface area contributed by atoms with Gasteiger partial charge in [0.05, 0.1) is 17.1 Å². The normalized spacial score (nSPS) is 10.3. The van der Waals surface area contributed by atoms with Gasteiger partial charge < -0.3 is 9.84 Å². The van der Waals surface area contributed by atoms with E-state index in [4.69, 9.17) is 4.74 Å². The van der Waals surface area contributed by atoms with E-state index in [0.717, 1.165) is 18.9 Å². The van der Waals surface area contributed by atoms with Gasteiger partial charge >= 0.3 is 5.97 Å². The fourth-order valence-corrected chi connectivity index (χ4v) is 2.20. The predicted molar refractivity (Wildman–Crippen MR) is 85.9 cm³/mol. The summed E-state index contributed by atoms with van der Waals surface area (Å²) in [5.41, 5.74) is 0.477. The van der Waals surface area contributed by atoms with Crippen molar-refractivity contribution in [2.24, 2.45) is 0 Å². The summed E-state index contributed by atoms with van der Waals surface area (Å²) < 4.78 is 5.65. The number of nitrogens with zero attached hydrogens (tertiary/aromatic N) is 1. The van der Waals surface area contributed by atoms with Crippen LogP contribution in [0.15, 0.2) is 42.5 Å². The van der Waals surface area contributed by atoms with E-state index in [1.54, 1.807) is 30.3 Å². The van der Waals surface area contributed by atoms with Gasteiger partial charge in [-0.15, -0.1) is 0 Å². The molecule has 0 heterocycles. The maximum absolute atomic E-state index is 11.4. The minimum Gasteiger partial charge on any atom is -0.493 e. The molecule has 0 spiro atoms. The molecule has 0 unspecified atom stereocenters. The molecule has 2 aromatic rings. The third-order valence-electron chi connectivity index (χ3n) is 3.34. The number of hydrogen-bond acceptors (Lipinski definition) is 4. The Morgan fingerprint density at radius 3 is 2.52 bits per heavy atom. The zero-order valence-corrected chi connectivity index (χ0v) is 12.7. The lowest BCUT2D eigenvalue weighted by Crippen LogP contribution is -2.05. The molecule has 0 amide bonds. The molecule has 0 aliphatic carbocycles. The zero-order valence-electron chi connectivity index (χ0n) is 12.7. The summed E-state index contributed by atoms with van der Waals surface area (Å²) in [6.07, 6.45) is 1.68. The zero-order chi connectivity index (χ0) is 16.8. The Kier molecular flexibility index (Phi) is 5.30. The first kappa shape index (κ1) is 16.5. The van der Waals surface area contributed by atoms with E-state index in [-0.39, 0.29) is 17.0 Å². The van der Waals surface area contributed by atoms with Crippen LogP contribution in [0.3, 0.4) is 0 Å². The number of unbranched alkanes of at least 4 members (excludes halogenated alkanes) is 1. The molecular weight excluding hydrogens is 298 g/mol. The van der Waals surface area contributed by atoms with Crippen molar-refractivity contribution in [1.82, 2.24) is 0 Å². The molecular formula is C17H17NO5. The molecule has 6 nitrogen and oxygen atoms in total. The standard InChI is InChI=1S/C17H17NO5/c1-2-3-9-23-15-11-13(17(19)20)10-14(18(21)22)16(15)12-7-5-4-6-8-12/h4-8,10-11H,2-3,9H2,1H3,(H,19,20). The first-order valence-electron chi connectivity index (χ1n) is 7.28. The quantitative estimate of drug-likeness (QED) is 0.471. The highest BCUT2D eigenvalue weighted by Gasteiger charge is 2.24. The minimum atomic E-state index is -1.23. The molecule has 23 heavy (non-hydrogen) atoms. The van der Waals surface area contributed by atoms with Crippen LogP contribution in [0, 0.1) is 10.1 Å². The third kappa shape index (κ3) is 3.85. The molecule has 0 atom stereocenters. The lowest BCUT2D eigenvalue weighted by Gasteiger charge is -2.13. The molecule has 0 saturated carbocycles.